The van der Waals surface area contributed by atoms with Gasteiger partial charge in [0.15, 0.2) is 5.82 Å². The van der Waals surface area contributed by atoms with E-state index in [0.717, 1.165) is 18.6 Å². The average molecular weight is 286 g/mol. The van der Waals surface area contributed by atoms with Crippen molar-refractivity contribution < 1.29 is 14.1 Å². The summed E-state index contributed by atoms with van der Waals surface area (Å²) in [5.74, 6) is 1.68. The fourth-order valence-corrected chi connectivity index (χ4v) is 2.50. The van der Waals surface area contributed by atoms with Crippen LogP contribution in [0.25, 0.3) is 0 Å². The molecular weight excluding hydrogens is 268 g/mol. The quantitative estimate of drug-likeness (QED) is 0.933. The lowest BCUT2D eigenvalue weighted by Crippen LogP contribution is -2.13. The minimum absolute atomic E-state index is 0.212. The number of benzene rings is 1. The fourth-order valence-electron chi connectivity index (χ4n) is 2.50. The second kappa shape index (κ2) is 5.99. The molecule has 2 aromatic rings. The molecule has 0 radical (unpaired) electrons. The van der Waals surface area contributed by atoms with Crippen molar-refractivity contribution in [2.75, 3.05) is 5.32 Å². The van der Waals surface area contributed by atoms with Gasteiger partial charge in [-0.2, -0.15) is 0 Å². The van der Waals surface area contributed by atoms with Crippen LogP contribution in [0, 0.1) is 6.92 Å². The molecule has 5 nitrogen and oxygen atoms in total. The lowest BCUT2D eigenvalue weighted by Gasteiger charge is -2.13. The second-order valence-electron chi connectivity index (χ2n) is 5.33. The van der Waals surface area contributed by atoms with E-state index in [1.807, 2.05) is 12.1 Å². The first kappa shape index (κ1) is 13.7. The van der Waals surface area contributed by atoms with E-state index in [1.165, 1.54) is 12.8 Å². The molecule has 0 atom stereocenters. The number of nitrogens with zero attached hydrogens (tertiary/aromatic N) is 1. The van der Waals surface area contributed by atoms with Crippen molar-refractivity contribution in [3.63, 3.8) is 0 Å². The molecule has 1 saturated carbocycles. The number of hydrogen-bond donors (Lipinski definition) is 1. The number of hydrogen-bond acceptors (Lipinski definition) is 4. The number of aryl methyl sites for hydroxylation is 1. The molecular formula is C16H18N2O3. The number of aromatic nitrogens is 1. The molecule has 1 aliphatic carbocycles. The van der Waals surface area contributed by atoms with Gasteiger partial charge in [-0.3, -0.25) is 4.79 Å². The highest BCUT2D eigenvalue weighted by Gasteiger charge is 2.16. The average Bonchev–Trinajstić information content (AvgIpc) is 3.12. The number of amides is 1. The Kier molecular flexibility index (Phi) is 3.90. The zero-order valence-electron chi connectivity index (χ0n) is 12.0. The molecule has 1 aliphatic rings. The summed E-state index contributed by atoms with van der Waals surface area (Å²) < 4.78 is 10.8. The van der Waals surface area contributed by atoms with E-state index in [4.69, 9.17) is 9.26 Å². The Morgan fingerprint density at radius 1 is 1.29 bits per heavy atom. The first-order valence-corrected chi connectivity index (χ1v) is 7.22. The van der Waals surface area contributed by atoms with Crippen molar-refractivity contribution >= 4 is 11.7 Å². The first-order chi connectivity index (χ1) is 10.2. The Bertz CT molecular complexity index is 613. The monoisotopic (exact) mass is 286 g/mol. The first-order valence-electron chi connectivity index (χ1n) is 7.22. The molecule has 1 amide bonds. The smallest absolute Gasteiger partial charge is 0.256 e. The lowest BCUT2D eigenvalue weighted by atomic mass is 10.2. The van der Waals surface area contributed by atoms with Gasteiger partial charge < -0.3 is 14.6 Å². The van der Waals surface area contributed by atoms with Crippen LogP contribution < -0.4 is 10.1 Å². The number of carbonyl (C=O) groups is 1. The summed E-state index contributed by atoms with van der Waals surface area (Å²) in [7, 11) is 0. The predicted octanol–water partition coefficient (Wildman–Crippen LogP) is 3.56. The van der Waals surface area contributed by atoms with E-state index in [-0.39, 0.29) is 5.91 Å². The van der Waals surface area contributed by atoms with Gasteiger partial charge >= 0.3 is 0 Å². The van der Waals surface area contributed by atoms with Gasteiger partial charge in [0.25, 0.3) is 5.91 Å². The van der Waals surface area contributed by atoms with Gasteiger partial charge in [-0.05, 0) is 56.9 Å². The van der Waals surface area contributed by atoms with Crippen LogP contribution in [-0.4, -0.2) is 17.2 Å². The Morgan fingerprint density at radius 2 is 2.00 bits per heavy atom. The van der Waals surface area contributed by atoms with Crippen LogP contribution in [0.4, 0.5) is 5.82 Å². The molecule has 0 spiro atoms. The summed E-state index contributed by atoms with van der Waals surface area (Å²) in [5.41, 5.74) is 0.564. The van der Waals surface area contributed by atoms with E-state index < -0.39 is 0 Å². The SMILES string of the molecule is Cc1cc(NC(=O)c2ccc(OC3CCCC3)cc2)no1. The standard InChI is InChI=1S/C16H18N2O3/c1-11-10-15(18-21-11)17-16(19)12-6-8-14(9-7-12)20-13-4-2-3-5-13/h6-10,13H,2-5H2,1H3,(H,17,18,19). The third-order valence-corrected chi connectivity index (χ3v) is 3.59. The summed E-state index contributed by atoms with van der Waals surface area (Å²) in [5, 5.41) is 6.42. The zero-order chi connectivity index (χ0) is 14.7. The topological polar surface area (TPSA) is 64.4 Å². The normalized spacial score (nSPS) is 15.1. The largest absolute Gasteiger partial charge is 0.490 e. The van der Waals surface area contributed by atoms with Crippen LogP contribution in [0.15, 0.2) is 34.9 Å². The minimum Gasteiger partial charge on any atom is -0.490 e. The Labute approximate surface area is 123 Å². The van der Waals surface area contributed by atoms with Gasteiger partial charge in [0.05, 0.1) is 6.10 Å². The summed E-state index contributed by atoms with van der Waals surface area (Å²) in [4.78, 5) is 12.0. The Morgan fingerprint density at radius 3 is 2.62 bits per heavy atom. The van der Waals surface area contributed by atoms with Crippen LogP contribution in [-0.2, 0) is 0 Å². The third-order valence-electron chi connectivity index (χ3n) is 3.59. The maximum Gasteiger partial charge on any atom is 0.256 e. The minimum atomic E-state index is -0.212. The van der Waals surface area contributed by atoms with E-state index in [9.17, 15) is 4.79 Å². The Balaban J connectivity index is 1.61. The summed E-state index contributed by atoms with van der Waals surface area (Å²) in [6, 6.07) is 8.86. The number of nitrogens with one attached hydrogen (secondary N) is 1. The molecule has 1 heterocycles. The highest BCUT2D eigenvalue weighted by molar-refractivity contribution is 6.03. The number of anilines is 1. The van der Waals surface area contributed by atoms with E-state index >= 15 is 0 Å². The van der Waals surface area contributed by atoms with E-state index in [2.05, 4.69) is 10.5 Å². The second-order valence-corrected chi connectivity index (χ2v) is 5.33. The lowest BCUT2D eigenvalue weighted by molar-refractivity contribution is 0.102. The van der Waals surface area contributed by atoms with Crippen LogP contribution >= 0.6 is 0 Å². The molecule has 3 rings (SSSR count). The van der Waals surface area contributed by atoms with Gasteiger partial charge in [-0.25, -0.2) is 0 Å². The maximum absolute atomic E-state index is 12.0. The van der Waals surface area contributed by atoms with Gasteiger partial charge in [0.2, 0.25) is 0 Å². The fraction of sp³-hybridized carbons (Fsp3) is 0.375. The summed E-state index contributed by atoms with van der Waals surface area (Å²) in [6.07, 6.45) is 5.04. The molecule has 110 valence electrons. The molecule has 1 aromatic heterocycles. The van der Waals surface area contributed by atoms with Crippen LogP contribution in [0.2, 0.25) is 0 Å². The molecule has 1 aromatic carbocycles. The molecule has 5 heteroatoms. The van der Waals surface area contributed by atoms with E-state index in [1.54, 1.807) is 25.1 Å². The van der Waals surface area contributed by atoms with Gasteiger partial charge in [-0.15, -0.1) is 0 Å². The highest BCUT2D eigenvalue weighted by Crippen LogP contribution is 2.24. The predicted molar refractivity (Wildman–Crippen MR) is 78.5 cm³/mol. The highest BCUT2D eigenvalue weighted by atomic mass is 16.5. The van der Waals surface area contributed by atoms with Crippen molar-refractivity contribution in [2.24, 2.45) is 0 Å². The van der Waals surface area contributed by atoms with Gasteiger partial charge in [-0.1, -0.05) is 5.16 Å². The molecule has 1 N–H and O–H groups in total. The van der Waals surface area contributed by atoms with Crippen LogP contribution in [0.3, 0.4) is 0 Å². The number of ether oxygens (including phenoxy) is 1. The summed E-state index contributed by atoms with van der Waals surface area (Å²) in [6.45, 7) is 1.78. The summed E-state index contributed by atoms with van der Waals surface area (Å²) >= 11 is 0. The zero-order valence-corrected chi connectivity index (χ0v) is 12.0. The van der Waals surface area contributed by atoms with Crippen molar-refractivity contribution in [1.29, 1.82) is 0 Å². The Hall–Kier alpha value is -2.30. The van der Waals surface area contributed by atoms with Crippen LogP contribution in [0.1, 0.15) is 41.8 Å². The molecule has 0 saturated heterocycles. The molecule has 0 aliphatic heterocycles. The number of rotatable bonds is 4. The number of carbonyl (C=O) groups excluding carboxylic acids is 1. The molecule has 0 bridgehead atoms. The van der Waals surface area contributed by atoms with Crippen molar-refractivity contribution in [3.8, 4) is 5.75 Å². The van der Waals surface area contributed by atoms with Crippen LogP contribution in [0.5, 0.6) is 5.75 Å². The molecule has 0 unspecified atom stereocenters. The van der Waals surface area contributed by atoms with Gasteiger partial charge in [0, 0.05) is 11.6 Å². The molecule has 21 heavy (non-hydrogen) atoms. The van der Waals surface area contributed by atoms with Crippen molar-refractivity contribution in [3.05, 3.63) is 41.7 Å². The van der Waals surface area contributed by atoms with Crippen molar-refractivity contribution in [2.45, 2.75) is 38.7 Å². The van der Waals surface area contributed by atoms with E-state index in [0.29, 0.717) is 23.2 Å². The third kappa shape index (κ3) is 3.42. The molecule has 1 fully saturated rings. The maximum atomic E-state index is 12.0. The van der Waals surface area contributed by atoms with Crippen molar-refractivity contribution in [1.82, 2.24) is 5.16 Å². The van der Waals surface area contributed by atoms with Gasteiger partial charge in [0.1, 0.15) is 11.5 Å².